The van der Waals surface area contributed by atoms with E-state index in [1.807, 2.05) is 6.92 Å². The van der Waals surface area contributed by atoms with E-state index in [1.54, 1.807) is 27.0 Å². The van der Waals surface area contributed by atoms with E-state index in [2.05, 4.69) is 0 Å². The molecule has 3 heteroatoms. The second kappa shape index (κ2) is 3.97. The summed E-state index contributed by atoms with van der Waals surface area (Å²) in [5.41, 5.74) is 2.31. The lowest BCUT2D eigenvalue weighted by atomic mass is 9.91. The Labute approximate surface area is 101 Å². The largest absolute Gasteiger partial charge is 0.496 e. The smallest absolute Gasteiger partial charge is 0.276 e. The van der Waals surface area contributed by atoms with Crippen LogP contribution in [-0.4, -0.2) is 7.11 Å². The van der Waals surface area contributed by atoms with Crippen molar-refractivity contribution in [1.29, 1.82) is 0 Å². The van der Waals surface area contributed by atoms with Crippen LogP contribution in [0.1, 0.15) is 35.1 Å². The highest BCUT2D eigenvalue weighted by Crippen LogP contribution is 2.52. The third-order valence-corrected chi connectivity index (χ3v) is 3.69. The first-order valence-electron chi connectivity index (χ1n) is 5.92. The number of aryl methyl sites for hydroxylation is 1. The van der Waals surface area contributed by atoms with Gasteiger partial charge in [0.2, 0.25) is 0 Å². The minimum atomic E-state index is -2.69. The molecule has 94 valence electrons. The van der Waals surface area contributed by atoms with Gasteiger partial charge in [0.15, 0.2) is 0 Å². The first-order valence-corrected chi connectivity index (χ1v) is 5.92. The van der Waals surface area contributed by atoms with Gasteiger partial charge in [0.25, 0.3) is 5.92 Å². The molecule has 0 aliphatic heterocycles. The molecule has 1 fully saturated rings. The minimum absolute atomic E-state index is 0.207. The summed E-state index contributed by atoms with van der Waals surface area (Å²) in [5, 5.41) is 0. The van der Waals surface area contributed by atoms with Gasteiger partial charge in [-0.05, 0) is 56.4 Å². The van der Waals surface area contributed by atoms with E-state index in [1.165, 1.54) is 0 Å². The number of ether oxygens (including phenoxy) is 1. The molecule has 1 aromatic carbocycles. The maximum Gasteiger partial charge on any atom is 0.276 e. The Hall–Kier alpha value is -1.12. The fourth-order valence-electron chi connectivity index (χ4n) is 2.42. The van der Waals surface area contributed by atoms with Gasteiger partial charge in [-0.2, -0.15) is 0 Å². The average Bonchev–Trinajstić information content (AvgIpc) is 3.06. The molecule has 0 amide bonds. The Kier molecular flexibility index (Phi) is 2.88. The molecule has 1 nitrogen and oxygen atoms in total. The Bertz CT molecular complexity index is 448. The Morgan fingerprint density at radius 1 is 1.18 bits per heavy atom. The molecule has 1 saturated carbocycles. The van der Waals surface area contributed by atoms with E-state index in [0.717, 1.165) is 5.56 Å². The summed E-state index contributed by atoms with van der Waals surface area (Å²) < 4.78 is 33.7. The van der Waals surface area contributed by atoms with Gasteiger partial charge in [-0.1, -0.05) is 0 Å². The summed E-state index contributed by atoms with van der Waals surface area (Å²) in [6.45, 7) is 5.33. The van der Waals surface area contributed by atoms with Crippen LogP contribution in [0.25, 0.3) is 0 Å². The maximum atomic E-state index is 14.2. The molecule has 0 spiro atoms. The molecule has 0 aromatic heterocycles. The SMILES string of the molecule is COc1cc(C)c(C(F)(F)C2CC2)c(C)c1C. The topological polar surface area (TPSA) is 9.23 Å². The Morgan fingerprint density at radius 2 is 1.76 bits per heavy atom. The molecule has 0 unspecified atom stereocenters. The third-order valence-electron chi connectivity index (χ3n) is 3.69. The molecular formula is C14H18F2O. The van der Waals surface area contributed by atoms with Crippen LogP contribution in [0.4, 0.5) is 8.78 Å². The predicted octanol–water partition coefficient (Wildman–Crippen LogP) is 4.12. The van der Waals surface area contributed by atoms with E-state index in [9.17, 15) is 8.78 Å². The normalized spacial score (nSPS) is 16.1. The molecule has 1 aromatic rings. The standard InChI is InChI=1S/C14H18F2O/c1-8-7-12(17-4)9(2)10(3)13(8)14(15,16)11-5-6-11/h7,11H,5-6H2,1-4H3. The quantitative estimate of drug-likeness (QED) is 0.772. The van der Waals surface area contributed by atoms with Gasteiger partial charge in [0, 0.05) is 11.5 Å². The molecule has 1 aliphatic carbocycles. The molecular weight excluding hydrogens is 222 g/mol. The summed E-state index contributed by atoms with van der Waals surface area (Å²) in [6.07, 6.45) is 1.27. The van der Waals surface area contributed by atoms with Gasteiger partial charge < -0.3 is 4.74 Å². The highest BCUT2D eigenvalue weighted by Gasteiger charge is 2.49. The number of halogens is 2. The van der Waals surface area contributed by atoms with Crippen LogP contribution in [0.2, 0.25) is 0 Å². The number of hydrogen-bond acceptors (Lipinski definition) is 1. The lowest BCUT2D eigenvalue weighted by Crippen LogP contribution is -2.20. The zero-order valence-electron chi connectivity index (χ0n) is 10.7. The van der Waals surface area contributed by atoms with E-state index in [0.29, 0.717) is 29.7 Å². The lowest BCUT2D eigenvalue weighted by molar-refractivity contribution is -0.0298. The molecule has 17 heavy (non-hydrogen) atoms. The molecule has 0 heterocycles. The van der Waals surface area contributed by atoms with Crippen molar-refractivity contribution in [3.63, 3.8) is 0 Å². The van der Waals surface area contributed by atoms with Crippen LogP contribution in [0.15, 0.2) is 6.07 Å². The van der Waals surface area contributed by atoms with Crippen molar-refractivity contribution in [3.8, 4) is 5.75 Å². The average molecular weight is 240 g/mol. The van der Waals surface area contributed by atoms with Gasteiger partial charge in [-0.15, -0.1) is 0 Å². The summed E-state index contributed by atoms with van der Waals surface area (Å²) in [4.78, 5) is 0. The number of alkyl halides is 2. The fourth-order valence-corrected chi connectivity index (χ4v) is 2.42. The predicted molar refractivity (Wildman–Crippen MR) is 63.8 cm³/mol. The fraction of sp³-hybridized carbons (Fsp3) is 0.571. The minimum Gasteiger partial charge on any atom is -0.496 e. The zero-order chi connectivity index (χ0) is 12.8. The lowest BCUT2D eigenvalue weighted by Gasteiger charge is -2.23. The van der Waals surface area contributed by atoms with Gasteiger partial charge in [-0.25, -0.2) is 8.78 Å². The first kappa shape index (κ1) is 12.3. The third kappa shape index (κ3) is 1.92. The van der Waals surface area contributed by atoms with Crippen LogP contribution in [0.3, 0.4) is 0 Å². The van der Waals surface area contributed by atoms with E-state index < -0.39 is 11.8 Å². The summed E-state index contributed by atoms with van der Waals surface area (Å²) in [7, 11) is 1.57. The molecule has 0 N–H and O–H groups in total. The van der Waals surface area contributed by atoms with E-state index in [-0.39, 0.29) is 5.56 Å². The zero-order valence-corrected chi connectivity index (χ0v) is 10.7. The molecule has 0 bridgehead atoms. The van der Waals surface area contributed by atoms with E-state index in [4.69, 9.17) is 4.74 Å². The van der Waals surface area contributed by atoms with E-state index >= 15 is 0 Å². The van der Waals surface area contributed by atoms with Gasteiger partial charge in [0.1, 0.15) is 5.75 Å². The van der Waals surface area contributed by atoms with Gasteiger partial charge in [-0.3, -0.25) is 0 Å². The number of rotatable bonds is 3. The van der Waals surface area contributed by atoms with Crippen molar-refractivity contribution in [2.45, 2.75) is 39.5 Å². The van der Waals surface area contributed by atoms with Crippen molar-refractivity contribution in [2.24, 2.45) is 5.92 Å². The second-order valence-corrected chi connectivity index (χ2v) is 4.92. The monoisotopic (exact) mass is 240 g/mol. The van der Waals surface area contributed by atoms with Crippen LogP contribution in [0, 0.1) is 26.7 Å². The second-order valence-electron chi connectivity index (χ2n) is 4.92. The highest BCUT2D eigenvalue weighted by molar-refractivity contribution is 5.50. The number of methoxy groups -OCH3 is 1. The van der Waals surface area contributed by atoms with Crippen LogP contribution in [0.5, 0.6) is 5.75 Å². The Morgan fingerprint density at radius 3 is 2.24 bits per heavy atom. The summed E-state index contributed by atoms with van der Waals surface area (Å²) in [5.74, 6) is -2.46. The van der Waals surface area contributed by atoms with Crippen LogP contribution < -0.4 is 4.74 Å². The molecule has 1 aliphatic rings. The van der Waals surface area contributed by atoms with Crippen molar-refractivity contribution in [2.75, 3.05) is 7.11 Å². The highest BCUT2D eigenvalue weighted by atomic mass is 19.3. The van der Waals surface area contributed by atoms with Gasteiger partial charge >= 0.3 is 0 Å². The van der Waals surface area contributed by atoms with Crippen LogP contribution in [-0.2, 0) is 5.92 Å². The number of hydrogen-bond donors (Lipinski definition) is 0. The molecule has 0 radical (unpaired) electrons. The van der Waals surface area contributed by atoms with Crippen molar-refractivity contribution in [3.05, 3.63) is 28.3 Å². The molecule has 0 atom stereocenters. The molecule has 2 rings (SSSR count). The number of benzene rings is 1. The van der Waals surface area contributed by atoms with Crippen molar-refractivity contribution >= 4 is 0 Å². The summed E-state index contributed by atoms with van der Waals surface area (Å²) >= 11 is 0. The Balaban J connectivity index is 2.58. The summed E-state index contributed by atoms with van der Waals surface area (Å²) in [6, 6.07) is 1.72. The molecule has 0 saturated heterocycles. The van der Waals surface area contributed by atoms with Gasteiger partial charge in [0.05, 0.1) is 7.11 Å². The van der Waals surface area contributed by atoms with Crippen molar-refractivity contribution < 1.29 is 13.5 Å². The maximum absolute atomic E-state index is 14.2. The van der Waals surface area contributed by atoms with Crippen LogP contribution >= 0.6 is 0 Å². The van der Waals surface area contributed by atoms with Crippen molar-refractivity contribution in [1.82, 2.24) is 0 Å². The first-order chi connectivity index (χ1) is 7.89.